The molecule has 1 aliphatic carbocycles. The average Bonchev–Trinajstić information content (AvgIpc) is 2.60. The fourth-order valence-corrected chi connectivity index (χ4v) is 5.13. The van der Waals surface area contributed by atoms with E-state index in [0.717, 1.165) is 37.9 Å². The molecule has 162 valence electrons. The molecular formula is C22H30ClF2NO3. The summed E-state index contributed by atoms with van der Waals surface area (Å²) in [5.74, 6) is -1.70. The van der Waals surface area contributed by atoms with E-state index in [1.165, 1.54) is 5.56 Å². The van der Waals surface area contributed by atoms with Crippen LogP contribution in [0.5, 0.6) is 11.5 Å². The fraction of sp³-hybridized carbons (Fsp3) is 0.727. The van der Waals surface area contributed by atoms with Crippen LogP contribution in [-0.2, 0) is 11.2 Å². The molecule has 1 saturated heterocycles. The van der Waals surface area contributed by atoms with Crippen molar-refractivity contribution < 1.29 is 23.0 Å². The lowest BCUT2D eigenvalue weighted by atomic mass is 9.85. The minimum Gasteiger partial charge on any atom is -0.493 e. The average molecular weight is 430 g/mol. The van der Waals surface area contributed by atoms with Crippen molar-refractivity contribution in [1.82, 2.24) is 4.90 Å². The number of rotatable bonds is 4. The van der Waals surface area contributed by atoms with Gasteiger partial charge in [0, 0.05) is 32.0 Å². The van der Waals surface area contributed by atoms with Crippen molar-refractivity contribution in [3.05, 3.63) is 22.2 Å². The molecule has 4 rings (SSSR count). The number of ether oxygens (including phenoxy) is 3. The number of piperidine rings is 1. The fourth-order valence-electron chi connectivity index (χ4n) is 4.79. The van der Waals surface area contributed by atoms with Crippen LogP contribution in [0.25, 0.3) is 0 Å². The smallest absolute Gasteiger partial charge is 0.255 e. The summed E-state index contributed by atoms with van der Waals surface area (Å²) in [5, 5.41) is 0.516. The van der Waals surface area contributed by atoms with Crippen molar-refractivity contribution in [2.45, 2.75) is 82.6 Å². The molecule has 1 aromatic carbocycles. The van der Waals surface area contributed by atoms with Crippen LogP contribution in [0.3, 0.4) is 0 Å². The highest BCUT2D eigenvalue weighted by atomic mass is 35.5. The van der Waals surface area contributed by atoms with E-state index in [-0.39, 0.29) is 30.6 Å². The largest absolute Gasteiger partial charge is 0.493 e. The first-order valence-corrected chi connectivity index (χ1v) is 10.8. The van der Waals surface area contributed by atoms with Gasteiger partial charge in [-0.15, -0.1) is 0 Å². The molecule has 2 fully saturated rings. The van der Waals surface area contributed by atoms with Crippen LogP contribution < -0.4 is 9.47 Å². The number of benzene rings is 1. The molecule has 4 nitrogen and oxygen atoms in total. The predicted molar refractivity (Wildman–Crippen MR) is 108 cm³/mol. The van der Waals surface area contributed by atoms with Crippen LogP contribution in [0.4, 0.5) is 8.78 Å². The lowest BCUT2D eigenvalue weighted by Gasteiger charge is -2.45. The minimum absolute atomic E-state index is 0.150. The SMILES string of the molecule is COc1cc2c(c(Cl)c1OC1CC(F)(F)C1)CCN1CC(OC(C)(C)C)CCC21. The maximum absolute atomic E-state index is 13.2. The molecule has 0 amide bonds. The number of hydrogen-bond acceptors (Lipinski definition) is 4. The highest BCUT2D eigenvalue weighted by Crippen LogP contribution is 2.49. The lowest BCUT2D eigenvalue weighted by Crippen LogP contribution is -2.47. The van der Waals surface area contributed by atoms with Crippen molar-refractivity contribution in [1.29, 1.82) is 0 Å². The van der Waals surface area contributed by atoms with E-state index in [1.54, 1.807) is 7.11 Å². The Morgan fingerprint density at radius 2 is 1.90 bits per heavy atom. The Bertz CT molecular complexity index is 772. The van der Waals surface area contributed by atoms with Gasteiger partial charge in [0.25, 0.3) is 5.92 Å². The van der Waals surface area contributed by atoms with Gasteiger partial charge in [-0.25, -0.2) is 8.78 Å². The molecule has 2 unspecified atom stereocenters. The van der Waals surface area contributed by atoms with Crippen LogP contribution in [0.15, 0.2) is 6.07 Å². The lowest BCUT2D eigenvalue weighted by molar-refractivity contribution is -0.134. The third-order valence-electron chi connectivity index (χ3n) is 6.05. The van der Waals surface area contributed by atoms with E-state index >= 15 is 0 Å². The molecule has 3 aliphatic rings. The van der Waals surface area contributed by atoms with Crippen LogP contribution in [0, 0.1) is 0 Å². The highest BCUT2D eigenvalue weighted by Gasteiger charge is 2.47. The van der Waals surface area contributed by atoms with Crippen molar-refractivity contribution in [3.63, 3.8) is 0 Å². The van der Waals surface area contributed by atoms with Gasteiger partial charge in [-0.05, 0) is 57.2 Å². The first-order valence-electron chi connectivity index (χ1n) is 10.4. The van der Waals surface area contributed by atoms with Gasteiger partial charge in [-0.2, -0.15) is 0 Å². The number of methoxy groups -OCH3 is 1. The van der Waals surface area contributed by atoms with Gasteiger partial charge in [0.1, 0.15) is 6.10 Å². The van der Waals surface area contributed by atoms with Gasteiger partial charge in [0.15, 0.2) is 11.5 Å². The zero-order valence-corrected chi connectivity index (χ0v) is 18.3. The van der Waals surface area contributed by atoms with E-state index in [1.807, 2.05) is 6.07 Å². The number of halogens is 3. The standard InChI is InChI=1S/C22H30ClF2NO3/c1-21(2,3)29-13-5-6-17-16-9-18(27-4)20(28-14-10-22(24,25)11-14)19(23)15(16)7-8-26(17)12-13/h9,13-14,17H,5-8,10-12H2,1-4H3. The van der Waals surface area contributed by atoms with E-state index in [2.05, 4.69) is 25.7 Å². The summed E-state index contributed by atoms with van der Waals surface area (Å²) in [7, 11) is 1.56. The molecule has 0 spiro atoms. The summed E-state index contributed by atoms with van der Waals surface area (Å²) in [6, 6.07) is 2.27. The zero-order valence-electron chi connectivity index (χ0n) is 17.6. The van der Waals surface area contributed by atoms with Crippen molar-refractivity contribution >= 4 is 11.6 Å². The summed E-state index contributed by atoms with van der Waals surface area (Å²) in [6.07, 6.45) is 1.96. The number of nitrogens with zero attached hydrogens (tertiary/aromatic N) is 1. The summed E-state index contributed by atoms with van der Waals surface area (Å²) in [5.41, 5.74) is 2.08. The van der Waals surface area contributed by atoms with E-state index in [9.17, 15) is 8.78 Å². The summed E-state index contributed by atoms with van der Waals surface area (Å²) in [4.78, 5) is 2.46. The van der Waals surface area contributed by atoms with Crippen molar-refractivity contribution in [3.8, 4) is 11.5 Å². The van der Waals surface area contributed by atoms with Crippen molar-refractivity contribution in [2.75, 3.05) is 20.2 Å². The summed E-state index contributed by atoms with van der Waals surface area (Å²) >= 11 is 6.72. The first kappa shape index (κ1) is 21.1. The third kappa shape index (κ3) is 4.35. The molecule has 0 N–H and O–H groups in total. The van der Waals surface area contributed by atoms with E-state index in [0.29, 0.717) is 16.5 Å². The number of fused-ring (bicyclic) bond motifs is 3. The van der Waals surface area contributed by atoms with E-state index in [4.69, 9.17) is 25.8 Å². The molecule has 2 atom stereocenters. The van der Waals surface area contributed by atoms with Gasteiger partial charge in [0.2, 0.25) is 0 Å². The Hall–Kier alpha value is -1.11. The summed E-state index contributed by atoms with van der Waals surface area (Å²) in [6.45, 7) is 8.07. The van der Waals surface area contributed by atoms with E-state index < -0.39 is 12.0 Å². The van der Waals surface area contributed by atoms with Crippen molar-refractivity contribution in [2.24, 2.45) is 0 Å². The molecule has 0 aromatic heterocycles. The Morgan fingerprint density at radius 1 is 1.17 bits per heavy atom. The Kier molecular flexibility index (Phi) is 5.50. The summed E-state index contributed by atoms with van der Waals surface area (Å²) < 4.78 is 44.0. The molecule has 7 heteroatoms. The van der Waals surface area contributed by atoms with Gasteiger partial charge in [-0.1, -0.05) is 11.6 Å². The Balaban J connectivity index is 1.55. The second-order valence-electron chi connectivity index (χ2n) is 9.48. The number of alkyl halides is 2. The molecule has 2 aliphatic heterocycles. The van der Waals surface area contributed by atoms with Crippen LogP contribution in [-0.4, -0.2) is 48.8 Å². The predicted octanol–water partition coefficient (Wildman–Crippen LogP) is 5.40. The monoisotopic (exact) mass is 429 g/mol. The molecule has 0 bridgehead atoms. The second kappa shape index (κ2) is 7.54. The molecule has 2 heterocycles. The Morgan fingerprint density at radius 3 is 2.52 bits per heavy atom. The maximum Gasteiger partial charge on any atom is 0.255 e. The van der Waals surface area contributed by atoms with Gasteiger partial charge >= 0.3 is 0 Å². The second-order valence-corrected chi connectivity index (χ2v) is 9.86. The molecule has 0 radical (unpaired) electrons. The van der Waals surface area contributed by atoms with Crippen LogP contribution in [0.1, 0.15) is 63.6 Å². The Labute approximate surface area is 176 Å². The molecule has 1 saturated carbocycles. The van der Waals surface area contributed by atoms with Gasteiger partial charge in [0.05, 0.1) is 23.8 Å². The zero-order chi connectivity index (χ0) is 21.0. The topological polar surface area (TPSA) is 30.9 Å². The third-order valence-corrected chi connectivity index (χ3v) is 6.45. The molecular weight excluding hydrogens is 400 g/mol. The maximum atomic E-state index is 13.2. The molecule has 1 aromatic rings. The van der Waals surface area contributed by atoms with Gasteiger partial charge < -0.3 is 14.2 Å². The van der Waals surface area contributed by atoms with Crippen LogP contribution >= 0.6 is 11.6 Å². The first-order chi connectivity index (χ1) is 13.6. The quantitative estimate of drug-likeness (QED) is 0.641. The van der Waals surface area contributed by atoms with Crippen LogP contribution in [0.2, 0.25) is 5.02 Å². The molecule has 29 heavy (non-hydrogen) atoms. The van der Waals surface area contributed by atoms with Gasteiger partial charge in [-0.3, -0.25) is 4.90 Å². The number of hydrogen-bond donors (Lipinski definition) is 0. The highest BCUT2D eigenvalue weighted by molar-refractivity contribution is 6.33. The normalized spacial score (nSPS) is 27.0. The minimum atomic E-state index is -2.63.